The van der Waals surface area contributed by atoms with Gasteiger partial charge in [-0.15, -0.1) is 0 Å². The van der Waals surface area contributed by atoms with Crippen molar-refractivity contribution in [2.24, 2.45) is 17.8 Å². The van der Waals surface area contributed by atoms with Gasteiger partial charge >= 0.3 is 0 Å². The first-order valence-corrected chi connectivity index (χ1v) is 4.68. The van der Waals surface area contributed by atoms with Gasteiger partial charge in [0.05, 0.1) is 6.10 Å². The summed E-state index contributed by atoms with van der Waals surface area (Å²) in [7, 11) is 1.74. The number of hydrogen-bond acceptors (Lipinski definition) is 2. The minimum absolute atomic E-state index is 0.0909. The number of rotatable bonds is 3. The van der Waals surface area contributed by atoms with Gasteiger partial charge in [0.15, 0.2) is 0 Å². The molecular formula is C10H16O2. The minimum atomic E-state index is -0.0909. The van der Waals surface area contributed by atoms with Crippen LogP contribution in [0.15, 0.2) is 12.2 Å². The molecule has 0 heterocycles. The van der Waals surface area contributed by atoms with Gasteiger partial charge in [0.1, 0.15) is 0 Å². The molecule has 0 amide bonds. The highest BCUT2D eigenvalue weighted by molar-refractivity contribution is 5.14. The van der Waals surface area contributed by atoms with Gasteiger partial charge in [-0.25, -0.2) is 0 Å². The number of fused-ring (bicyclic) bond motifs is 2. The molecule has 0 aromatic rings. The van der Waals surface area contributed by atoms with Crippen LogP contribution in [0.2, 0.25) is 0 Å². The maximum absolute atomic E-state index is 9.70. The van der Waals surface area contributed by atoms with E-state index in [0.29, 0.717) is 17.8 Å². The van der Waals surface area contributed by atoms with Crippen molar-refractivity contribution in [2.75, 3.05) is 13.7 Å². The zero-order chi connectivity index (χ0) is 8.55. The first-order valence-electron chi connectivity index (χ1n) is 4.68. The van der Waals surface area contributed by atoms with E-state index in [0.717, 1.165) is 19.4 Å². The van der Waals surface area contributed by atoms with Crippen molar-refractivity contribution < 1.29 is 9.84 Å². The molecule has 12 heavy (non-hydrogen) atoms. The quantitative estimate of drug-likeness (QED) is 0.642. The molecule has 68 valence electrons. The van der Waals surface area contributed by atoms with Crippen molar-refractivity contribution >= 4 is 0 Å². The summed E-state index contributed by atoms with van der Waals surface area (Å²) in [5, 5.41) is 9.70. The van der Waals surface area contributed by atoms with E-state index in [9.17, 15) is 5.11 Å². The average Bonchev–Trinajstić information content (AvgIpc) is 2.58. The number of hydrogen-bond donors (Lipinski definition) is 1. The third-order valence-electron chi connectivity index (χ3n) is 3.23. The highest BCUT2D eigenvalue weighted by Gasteiger charge is 2.42. The highest BCUT2D eigenvalue weighted by Crippen LogP contribution is 2.44. The fourth-order valence-electron chi connectivity index (χ4n) is 2.52. The zero-order valence-corrected chi connectivity index (χ0v) is 7.44. The zero-order valence-electron chi connectivity index (χ0n) is 7.44. The molecule has 0 radical (unpaired) electrons. The van der Waals surface area contributed by atoms with Crippen LogP contribution in [0.1, 0.15) is 12.8 Å². The van der Waals surface area contributed by atoms with Gasteiger partial charge in [0.25, 0.3) is 0 Å². The molecule has 0 aliphatic heterocycles. The number of aliphatic hydroxyl groups excluding tert-OH is 1. The topological polar surface area (TPSA) is 29.5 Å². The van der Waals surface area contributed by atoms with E-state index in [1.165, 1.54) is 0 Å². The second kappa shape index (κ2) is 3.19. The summed E-state index contributed by atoms with van der Waals surface area (Å²) in [5.41, 5.74) is 0. The van der Waals surface area contributed by atoms with Gasteiger partial charge in [0.2, 0.25) is 0 Å². The lowest BCUT2D eigenvalue weighted by atomic mass is 9.91. The maximum atomic E-state index is 9.70. The Kier molecular flexibility index (Phi) is 2.20. The standard InChI is InChI=1S/C10H16O2/c1-12-5-4-7-6-8-2-3-9(7)10(8)11/h2-3,7-11H,4-6H2,1H3. The summed E-state index contributed by atoms with van der Waals surface area (Å²) >= 11 is 0. The number of methoxy groups -OCH3 is 1. The molecule has 4 unspecified atom stereocenters. The van der Waals surface area contributed by atoms with Gasteiger partial charge in [-0.3, -0.25) is 0 Å². The normalized spacial score (nSPS) is 44.2. The number of aliphatic hydroxyl groups is 1. The highest BCUT2D eigenvalue weighted by atomic mass is 16.5. The van der Waals surface area contributed by atoms with E-state index in [4.69, 9.17) is 4.74 Å². The Labute approximate surface area is 73.2 Å². The Balaban J connectivity index is 1.91. The van der Waals surface area contributed by atoms with Gasteiger partial charge in [-0.2, -0.15) is 0 Å². The van der Waals surface area contributed by atoms with E-state index in [-0.39, 0.29) is 6.10 Å². The lowest BCUT2D eigenvalue weighted by Crippen LogP contribution is -2.16. The summed E-state index contributed by atoms with van der Waals surface area (Å²) < 4.78 is 5.04. The van der Waals surface area contributed by atoms with Crippen LogP contribution in [-0.2, 0) is 4.74 Å². The molecule has 2 nitrogen and oxygen atoms in total. The third kappa shape index (κ3) is 1.19. The van der Waals surface area contributed by atoms with Crippen LogP contribution in [0.3, 0.4) is 0 Å². The molecule has 2 bridgehead atoms. The summed E-state index contributed by atoms with van der Waals surface area (Å²) in [6.07, 6.45) is 6.51. The average molecular weight is 168 g/mol. The van der Waals surface area contributed by atoms with E-state index in [1.807, 2.05) is 0 Å². The molecule has 0 spiro atoms. The summed E-state index contributed by atoms with van der Waals surface area (Å²) in [4.78, 5) is 0. The van der Waals surface area contributed by atoms with Gasteiger partial charge in [0, 0.05) is 25.6 Å². The van der Waals surface area contributed by atoms with Crippen molar-refractivity contribution in [3.05, 3.63) is 12.2 Å². The first kappa shape index (κ1) is 8.27. The smallest absolute Gasteiger partial charge is 0.0668 e. The van der Waals surface area contributed by atoms with E-state index >= 15 is 0 Å². The Hall–Kier alpha value is -0.340. The Morgan fingerprint density at radius 1 is 1.50 bits per heavy atom. The Bertz CT molecular complexity index is 188. The predicted molar refractivity (Wildman–Crippen MR) is 46.7 cm³/mol. The largest absolute Gasteiger partial charge is 0.392 e. The molecule has 1 saturated carbocycles. The van der Waals surface area contributed by atoms with Crippen molar-refractivity contribution in [2.45, 2.75) is 18.9 Å². The van der Waals surface area contributed by atoms with Crippen LogP contribution < -0.4 is 0 Å². The van der Waals surface area contributed by atoms with Crippen molar-refractivity contribution in [3.8, 4) is 0 Å². The van der Waals surface area contributed by atoms with Crippen molar-refractivity contribution in [1.82, 2.24) is 0 Å². The van der Waals surface area contributed by atoms with E-state index < -0.39 is 0 Å². The van der Waals surface area contributed by atoms with Gasteiger partial charge in [-0.05, 0) is 18.8 Å². The molecule has 0 aromatic heterocycles. The molecule has 0 saturated heterocycles. The van der Waals surface area contributed by atoms with Crippen LogP contribution in [-0.4, -0.2) is 24.9 Å². The molecule has 4 atom stereocenters. The number of ether oxygens (including phenoxy) is 1. The fourth-order valence-corrected chi connectivity index (χ4v) is 2.52. The van der Waals surface area contributed by atoms with Crippen molar-refractivity contribution in [3.63, 3.8) is 0 Å². The second-order valence-electron chi connectivity index (χ2n) is 3.89. The molecule has 2 aliphatic carbocycles. The Morgan fingerprint density at radius 3 is 2.83 bits per heavy atom. The van der Waals surface area contributed by atoms with Crippen LogP contribution >= 0.6 is 0 Å². The van der Waals surface area contributed by atoms with Gasteiger partial charge in [-0.1, -0.05) is 12.2 Å². The predicted octanol–water partition coefficient (Wildman–Crippen LogP) is 1.21. The molecule has 2 rings (SSSR count). The summed E-state index contributed by atoms with van der Waals surface area (Å²) in [6.45, 7) is 0.828. The van der Waals surface area contributed by atoms with Crippen LogP contribution in [0.25, 0.3) is 0 Å². The molecular weight excluding hydrogens is 152 g/mol. The van der Waals surface area contributed by atoms with Crippen molar-refractivity contribution in [1.29, 1.82) is 0 Å². The lowest BCUT2D eigenvalue weighted by molar-refractivity contribution is 0.121. The second-order valence-corrected chi connectivity index (χ2v) is 3.89. The van der Waals surface area contributed by atoms with E-state index in [2.05, 4.69) is 12.2 Å². The van der Waals surface area contributed by atoms with Crippen LogP contribution in [0, 0.1) is 17.8 Å². The van der Waals surface area contributed by atoms with Crippen LogP contribution in [0.4, 0.5) is 0 Å². The fraction of sp³-hybridized carbons (Fsp3) is 0.800. The minimum Gasteiger partial charge on any atom is -0.392 e. The molecule has 1 fully saturated rings. The molecule has 1 N–H and O–H groups in total. The summed E-state index contributed by atoms with van der Waals surface area (Å²) in [6, 6.07) is 0. The Morgan fingerprint density at radius 2 is 2.33 bits per heavy atom. The van der Waals surface area contributed by atoms with E-state index in [1.54, 1.807) is 7.11 Å². The first-order chi connectivity index (χ1) is 5.83. The summed E-state index contributed by atoms with van der Waals surface area (Å²) in [5.74, 6) is 1.52. The molecule has 2 aliphatic rings. The molecule has 0 aromatic carbocycles. The molecule has 2 heteroatoms. The monoisotopic (exact) mass is 168 g/mol. The third-order valence-corrected chi connectivity index (χ3v) is 3.23. The van der Waals surface area contributed by atoms with Crippen LogP contribution in [0.5, 0.6) is 0 Å². The lowest BCUT2D eigenvalue weighted by Gasteiger charge is -2.17. The SMILES string of the molecule is COCCC1CC2C=CC1C2O. The van der Waals surface area contributed by atoms with Gasteiger partial charge < -0.3 is 9.84 Å². The maximum Gasteiger partial charge on any atom is 0.0668 e.